The van der Waals surface area contributed by atoms with Crippen molar-refractivity contribution in [3.63, 3.8) is 0 Å². The fourth-order valence-electron chi connectivity index (χ4n) is 2.22. The van der Waals surface area contributed by atoms with Gasteiger partial charge >= 0.3 is 0 Å². The van der Waals surface area contributed by atoms with E-state index in [0.29, 0.717) is 5.75 Å². The Morgan fingerprint density at radius 1 is 1.20 bits per heavy atom. The number of aromatic nitrogens is 3. The van der Waals surface area contributed by atoms with Crippen molar-refractivity contribution in [1.82, 2.24) is 15.0 Å². The van der Waals surface area contributed by atoms with Gasteiger partial charge in [-0.05, 0) is 30.2 Å². The third-order valence-corrected chi connectivity index (χ3v) is 3.74. The van der Waals surface area contributed by atoms with Crippen LogP contribution in [0.15, 0.2) is 42.7 Å². The molecular weight excluding hydrogens is 273 g/mol. The summed E-state index contributed by atoms with van der Waals surface area (Å²) in [6, 6.07) is 8.44. The first-order valence-corrected chi connectivity index (χ1v) is 7.04. The number of benzene rings is 1. The zero-order chi connectivity index (χ0) is 13.9. The number of nitrogens with zero attached hydrogens (tertiary/aromatic N) is 2. The second-order valence-electron chi connectivity index (χ2n) is 4.72. The van der Waals surface area contributed by atoms with E-state index in [-0.39, 0.29) is 11.7 Å². The molecule has 1 atom stereocenters. The van der Waals surface area contributed by atoms with Crippen molar-refractivity contribution < 1.29 is 4.39 Å². The predicted molar refractivity (Wildman–Crippen MR) is 80.6 cm³/mol. The minimum atomic E-state index is -0.217. The number of hydrogen-bond acceptors (Lipinski definition) is 3. The van der Waals surface area contributed by atoms with Crippen LogP contribution in [0, 0.1) is 5.82 Å². The highest BCUT2D eigenvalue weighted by atomic mass is 32.1. The molecule has 102 valence electrons. The van der Waals surface area contributed by atoms with E-state index in [1.807, 2.05) is 6.07 Å². The highest BCUT2D eigenvalue weighted by Gasteiger charge is 2.15. The van der Waals surface area contributed by atoms with E-state index in [1.165, 1.54) is 12.1 Å². The summed E-state index contributed by atoms with van der Waals surface area (Å²) < 4.78 is 12.9. The molecule has 0 aliphatic heterocycles. The lowest BCUT2D eigenvalue weighted by molar-refractivity contribution is 0.626. The molecule has 0 saturated carbocycles. The molecule has 0 bridgehead atoms. The zero-order valence-electron chi connectivity index (χ0n) is 10.8. The van der Waals surface area contributed by atoms with Gasteiger partial charge in [-0.2, -0.15) is 12.6 Å². The molecule has 0 unspecified atom stereocenters. The molecule has 2 heterocycles. The number of H-pyrrole nitrogens is 1. The van der Waals surface area contributed by atoms with Crippen LogP contribution >= 0.6 is 12.6 Å². The van der Waals surface area contributed by atoms with Crippen LogP contribution in [0.3, 0.4) is 0 Å². The summed E-state index contributed by atoms with van der Waals surface area (Å²) in [5, 5.41) is 0. The molecule has 5 heteroatoms. The van der Waals surface area contributed by atoms with Gasteiger partial charge < -0.3 is 4.98 Å². The fraction of sp³-hybridized carbons (Fsp3) is 0.200. The van der Waals surface area contributed by atoms with Gasteiger partial charge in [0.25, 0.3) is 0 Å². The predicted octanol–water partition coefficient (Wildman–Crippen LogP) is 3.35. The molecule has 0 spiro atoms. The summed E-state index contributed by atoms with van der Waals surface area (Å²) in [5.41, 5.74) is 2.90. The van der Waals surface area contributed by atoms with Crippen LogP contribution in [0.5, 0.6) is 0 Å². The largest absolute Gasteiger partial charge is 0.340 e. The number of fused-ring (bicyclic) bond motifs is 1. The standard InChI is InChI=1S/C15H14FN3S/c16-12-3-1-10(2-4-12)7-11(9-20)15-18-13-5-6-17-8-14(13)19-15/h1-6,8,11,20H,7,9H2,(H,18,19)/t11-/m1/s1. The molecule has 0 fully saturated rings. The zero-order valence-corrected chi connectivity index (χ0v) is 11.6. The number of nitrogens with one attached hydrogen (secondary N) is 1. The molecule has 2 aromatic heterocycles. The molecule has 0 aliphatic carbocycles. The number of imidazole rings is 1. The lowest BCUT2D eigenvalue weighted by Gasteiger charge is -2.11. The average Bonchev–Trinajstić information content (AvgIpc) is 2.90. The number of aromatic amines is 1. The van der Waals surface area contributed by atoms with Gasteiger partial charge in [0.15, 0.2) is 0 Å². The van der Waals surface area contributed by atoms with Crippen LogP contribution in [0.1, 0.15) is 17.3 Å². The van der Waals surface area contributed by atoms with Gasteiger partial charge in [-0.1, -0.05) is 12.1 Å². The molecule has 0 amide bonds. The fourth-order valence-corrected chi connectivity index (χ4v) is 2.52. The average molecular weight is 287 g/mol. The Balaban J connectivity index is 1.87. The van der Waals surface area contributed by atoms with Crippen molar-refractivity contribution in [1.29, 1.82) is 0 Å². The second-order valence-corrected chi connectivity index (χ2v) is 5.09. The molecule has 20 heavy (non-hydrogen) atoms. The molecule has 0 saturated heterocycles. The first-order chi connectivity index (χ1) is 9.76. The Morgan fingerprint density at radius 3 is 2.70 bits per heavy atom. The Labute approximate surface area is 121 Å². The van der Waals surface area contributed by atoms with E-state index >= 15 is 0 Å². The Hall–Kier alpha value is -1.88. The lowest BCUT2D eigenvalue weighted by Crippen LogP contribution is -2.06. The number of halogens is 1. The maximum atomic E-state index is 12.9. The van der Waals surface area contributed by atoms with Crippen LogP contribution in [-0.2, 0) is 6.42 Å². The minimum Gasteiger partial charge on any atom is -0.340 e. The molecule has 1 aromatic carbocycles. The van der Waals surface area contributed by atoms with E-state index in [1.54, 1.807) is 24.5 Å². The molecule has 0 radical (unpaired) electrons. The summed E-state index contributed by atoms with van der Waals surface area (Å²) in [7, 11) is 0. The lowest BCUT2D eigenvalue weighted by atomic mass is 10.0. The Morgan fingerprint density at radius 2 is 2.00 bits per heavy atom. The van der Waals surface area contributed by atoms with E-state index in [2.05, 4.69) is 27.6 Å². The van der Waals surface area contributed by atoms with E-state index in [4.69, 9.17) is 0 Å². The van der Waals surface area contributed by atoms with Crippen molar-refractivity contribution in [3.8, 4) is 0 Å². The maximum Gasteiger partial charge on any atom is 0.123 e. The van der Waals surface area contributed by atoms with Crippen LogP contribution in [0.4, 0.5) is 4.39 Å². The summed E-state index contributed by atoms with van der Waals surface area (Å²) >= 11 is 4.41. The number of rotatable bonds is 4. The first-order valence-electron chi connectivity index (χ1n) is 6.41. The minimum absolute atomic E-state index is 0.163. The van der Waals surface area contributed by atoms with Gasteiger partial charge in [0.2, 0.25) is 0 Å². The number of hydrogen-bond donors (Lipinski definition) is 2. The third-order valence-electron chi connectivity index (χ3n) is 3.30. The van der Waals surface area contributed by atoms with Gasteiger partial charge in [0.05, 0.1) is 17.2 Å². The smallest absolute Gasteiger partial charge is 0.123 e. The molecule has 3 nitrogen and oxygen atoms in total. The Kier molecular flexibility index (Phi) is 3.69. The number of pyridine rings is 1. The van der Waals surface area contributed by atoms with Crippen LogP contribution < -0.4 is 0 Å². The SMILES string of the molecule is Fc1ccc(C[C@H](CS)c2nc3ccncc3[nH]2)cc1. The van der Waals surface area contributed by atoms with Crippen molar-refractivity contribution in [2.75, 3.05) is 5.75 Å². The summed E-state index contributed by atoms with van der Waals surface area (Å²) in [6.45, 7) is 0. The van der Waals surface area contributed by atoms with Crippen molar-refractivity contribution >= 4 is 23.7 Å². The van der Waals surface area contributed by atoms with Gasteiger partial charge in [0.1, 0.15) is 11.6 Å². The topological polar surface area (TPSA) is 41.6 Å². The highest BCUT2D eigenvalue weighted by molar-refractivity contribution is 7.80. The van der Waals surface area contributed by atoms with Crippen LogP contribution in [0.25, 0.3) is 11.0 Å². The molecule has 0 aliphatic rings. The highest BCUT2D eigenvalue weighted by Crippen LogP contribution is 2.22. The molecular formula is C15H14FN3S. The monoisotopic (exact) mass is 287 g/mol. The van der Waals surface area contributed by atoms with Crippen LogP contribution in [0.2, 0.25) is 0 Å². The third kappa shape index (κ3) is 2.67. The normalized spacial score (nSPS) is 12.7. The van der Waals surface area contributed by atoms with Gasteiger partial charge in [-0.15, -0.1) is 0 Å². The van der Waals surface area contributed by atoms with Gasteiger partial charge in [0, 0.05) is 17.9 Å². The Bertz CT molecular complexity index is 675. The molecule has 3 aromatic rings. The van der Waals surface area contributed by atoms with E-state index < -0.39 is 0 Å². The number of thiol groups is 1. The summed E-state index contributed by atoms with van der Waals surface area (Å²) in [4.78, 5) is 11.9. The maximum absolute atomic E-state index is 12.9. The molecule has 3 rings (SSSR count). The van der Waals surface area contributed by atoms with Gasteiger partial charge in [-0.3, -0.25) is 4.98 Å². The first kappa shape index (κ1) is 13.1. The van der Waals surface area contributed by atoms with E-state index in [0.717, 1.165) is 28.8 Å². The quantitative estimate of drug-likeness (QED) is 0.723. The van der Waals surface area contributed by atoms with Crippen molar-refractivity contribution in [3.05, 3.63) is 59.9 Å². The summed E-state index contributed by atoms with van der Waals surface area (Å²) in [5.74, 6) is 1.51. The van der Waals surface area contributed by atoms with E-state index in [9.17, 15) is 4.39 Å². The van der Waals surface area contributed by atoms with Crippen molar-refractivity contribution in [2.45, 2.75) is 12.3 Å². The molecule has 1 N–H and O–H groups in total. The van der Waals surface area contributed by atoms with Crippen LogP contribution in [-0.4, -0.2) is 20.7 Å². The second kappa shape index (κ2) is 5.63. The van der Waals surface area contributed by atoms with Crippen molar-refractivity contribution in [2.24, 2.45) is 0 Å². The summed E-state index contributed by atoms with van der Waals surface area (Å²) in [6.07, 6.45) is 4.26. The van der Waals surface area contributed by atoms with Gasteiger partial charge in [-0.25, -0.2) is 9.37 Å².